The van der Waals surface area contributed by atoms with E-state index in [0.717, 1.165) is 78.7 Å². The van der Waals surface area contributed by atoms with E-state index in [4.69, 9.17) is 23.7 Å². The minimum Gasteiger partial charge on any atom is -0.446 e. The Kier molecular flexibility index (Phi) is 32.3. The normalized spacial score (nSPS) is 16.3. The van der Waals surface area contributed by atoms with Crippen LogP contribution in [0.3, 0.4) is 0 Å². The van der Waals surface area contributed by atoms with Crippen LogP contribution < -0.4 is 31.5 Å². The lowest BCUT2D eigenvalue weighted by molar-refractivity contribution is -0.138. The van der Waals surface area contributed by atoms with E-state index < -0.39 is 11.3 Å². The first-order valence-electron chi connectivity index (χ1n) is 32.6. The summed E-state index contributed by atoms with van der Waals surface area (Å²) >= 11 is 1.29. The highest BCUT2D eigenvalue weighted by Crippen LogP contribution is 2.41. The molecule has 1 aliphatic carbocycles. The summed E-state index contributed by atoms with van der Waals surface area (Å²) < 4.78 is 30.2. The Morgan fingerprint density at radius 2 is 1.27 bits per heavy atom. The van der Waals surface area contributed by atoms with Gasteiger partial charge >= 0.3 is 6.09 Å². The Balaban J connectivity index is 0.956. The SMILES string of the molecule is CCCNC(=O)CCOCCOCCOCCOCCn1nnc2c1-c1ccccc1N(C(=O)CCC(=O)NCC[C@H](CCNC(=O)CCN1C(=O)CC(SCCC(=O)NCC(C)(CC)CC)C1=O)CCNC(=O)O[C@H]1CC/C=C/CCC1)Cc1ccccc1-2. The number of aromatic nitrogens is 3. The van der Waals surface area contributed by atoms with Gasteiger partial charge in [-0.05, 0) is 93.6 Å². The monoisotopic (exact) mass is 1270 g/mol. The number of imide groups is 1. The maximum absolute atomic E-state index is 14.4. The molecule has 1 saturated heterocycles. The van der Waals surface area contributed by atoms with Gasteiger partial charge in [0.25, 0.3) is 0 Å². The van der Waals surface area contributed by atoms with Crippen LogP contribution in [0.2, 0.25) is 0 Å². The van der Waals surface area contributed by atoms with E-state index in [1.807, 2.05) is 55.5 Å². The zero-order valence-electron chi connectivity index (χ0n) is 53.5. The molecule has 1 unspecified atom stereocenters. The van der Waals surface area contributed by atoms with Gasteiger partial charge in [0.05, 0.1) is 82.6 Å². The largest absolute Gasteiger partial charge is 0.446 e. The smallest absolute Gasteiger partial charge is 0.407 e. The molecule has 3 aromatic rings. The van der Waals surface area contributed by atoms with Crippen molar-refractivity contribution in [3.63, 3.8) is 0 Å². The molecule has 23 nitrogen and oxygen atoms in total. The molecule has 24 heteroatoms. The van der Waals surface area contributed by atoms with Crippen LogP contribution in [0.25, 0.3) is 22.5 Å². The minimum absolute atomic E-state index is 0.0193. The van der Waals surface area contributed by atoms with E-state index in [2.05, 4.69) is 69.8 Å². The molecule has 5 N–H and O–H groups in total. The van der Waals surface area contributed by atoms with E-state index in [1.54, 1.807) is 9.58 Å². The summed E-state index contributed by atoms with van der Waals surface area (Å²) in [6.45, 7) is 14.0. The number of nitrogens with one attached hydrogen (secondary N) is 5. The minimum atomic E-state index is -0.595. The average Bonchev–Trinajstić information content (AvgIpc) is 1.62. The molecule has 1 aromatic heterocycles. The zero-order chi connectivity index (χ0) is 64.4. The number of rotatable bonds is 41. The molecule has 3 aliphatic rings. The van der Waals surface area contributed by atoms with Crippen LogP contribution in [0.1, 0.15) is 142 Å². The van der Waals surface area contributed by atoms with E-state index in [9.17, 15) is 38.4 Å². The summed E-state index contributed by atoms with van der Waals surface area (Å²) in [4.78, 5) is 107. The van der Waals surface area contributed by atoms with Crippen LogP contribution in [-0.2, 0) is 70.3 Å². The molecule has 6 rings (SSSR count). The number of hydrogen-bond donors (Lipinski definition) is 5. The molecule has 3 atom stereocenters. The second-order valence-corrected chi connectivity index (χ2v) is 24.6. The second-order valence-electron chi connectivity index (χ2n) is 23.3. The summed E-state index contributed by atoms with van der Waals surface area (Å²) in [5.74, 6) is -1.29. The molecule has 0 spiro atoms. The van der Waals surface area contributed by atoms with Gasteiger partial charge in [0.1, 0.15) is 11.8 Å². The first-order chi connectivity index (χ1) is 43.7. The number of benzene rings is 2. The third kappa shape index (κ3) is 24.8. The molecular weight excluding hydrogens is 1170 g/mol. The quantitative estimate of drug-likeness (QED) is 0.0210. The maximum Gasteiger partial charge on any atom is 0.407 e. The summed E-state index contributed by atoms with van der Waals surface area (Å²) in [5.41, 5.74) is 4.58. The van der Waals surface area contributed by atoms with Crippen molar-refractivity contribution in [3.05, 3.63) is 66.2 Å². The van der Waals surface area contributed by atoms with Gasteiger partial charge in [-0.1, -0.05) is 87.5 Å². The average molecular weight is 1270 g/mol. The fourth-order valence-corrected chi connectivity index (χ4v) is 11.8. The number of allylic oxidation sites excluding steroid dienone is 2. The number of para-hydroxylation sites is 1. The third-order valence-corrected chi connectivity index (χ3v) is 17.9. The number of nitrogens with zero attached hydrogens (tertiary/aromatic N) is 5. The summed E-state index contributed by atoms with van der Waals surface area (Å²) in [6.07, 6.45) is 12.7. The van der Waals surface area contributed by atoms with Gasteiger partial charge < -0.3 is 55.2 Å². The van der Waals surface area contributed by atoms with Crippen molar-refractivity contribution >= 4 is 64.9 Å². The Morgan fingerprint density at radius 3 is 1.98 bits per heavy atom. The topological polar surface area (TPSA) is 280 Å². The van der Waals surface area contributed by atoms with Gasteiger partial charge in [-0.25, -0.2) is 9.48 Å². The number of amides is 8. The van der Waals surface area contributed by atoms with Crippen molar-refractivity contribution in [1.29, 1.82) is 0 Å². The fraction of sp³-hybridized carbons (Fsp3) is 0.636. The van der Waals surface area contributed by atoms with E-state index in [0.29, 0.717) is 122 Å². The molecule has 8 amide bonds. The number of thioether (sulfide) groups is 1. The van der Waals surface area contributed by atoms with Crippen LogP contribution in [0.4, 0.5) is 10.5 Å². The molecule has 0 bridgehead atoms. The van der Waals surface area contributed by atoms with Crippen molar-refractivity contribution in [2.75, 3.05) is 103 Å². The lowest BCUT2D eigenvalue weighted by atomic mass is 9.85. The van der Waals surface area contributed by atoms with Crippen molar-refractivity contribution in [1.82, 2.24) is 46.5 Å². The van der Waals surface area contributed by atoms with Gasteiger partial charge in [0.15, 0.2) is 0 Å². The first kappa shape index (κ1) is 72.3. The van der Waals surface area contributed by atoms with Crippen LogP contribution in [0.5, 0.6) is 0 Å². The van der Waals surface area contributed by atoms with Crippen molar-refractivity contribution in [2.45, 2.75) is 161 Å². The lowest BCUT2D eigenvalue weighted by Crippen LogP contribution is -2.36. The van der Waals surface area contributed by atoms with E-state index in [1.165, 1.54) is 11.8 Å². The number of hydrogen-bond acceptors (Lipinski definition) is 16. The van der Waals surface area contributed by atoms with Gasteiger partial charge in [0, 0.05) is 94.7 Å². The summed E-state index contributed by atoms with van der Waals surface area (Å²) in [6, 6.07) is 15.4. The van der Waals surface area contributed by atoms with Crippen molar-refractivity contribution < 1.29 is 62.0 Å². The van der Waals surface area contributed by atoms with Gasteiger partial charge in [0.2, 0.25) is 41.4 Å². The van der Waals surface area contributed by atoms with Crippen molar-refractivity contribution in [2.24, 2.45) is 11.3 Å². The molecule has 2 aliphatic heterocycles. The standard InChI is InChI=1S/C66H98N10O13S/c1-5-31-67-58(79)29-37-85-39-41-87-43-44-88-42-40-86-38-36-76-63-53-21-15-16-22-54(53)75(47-50-17-13-14-20-52(50)62(63)72-73-76)60(81)24-23-56(77)68-32-25-49(27-34-70-65(84)89-51-18-11-9-8-10-12-19-51)26-33-69-57(78)28-35-74-61(82)46-55(64(74)83)90-45-30-59(80)71-48-66(4,6-2)7-3/h8-9,13-17,20-22,49,51,55H,5-7,10-12,18-19,23-48H2,1-4H3,(H,67,79)(H,68,77)(H,69,78)(H,70,84)(H,71,80)/b9-8+/t49-,51+,55?/m1/s1. The van der Waals surface area contributed by atoms with Crippen molar-refractivity contribution in [3.8, 4) is 22.5 Å². The van der Waals surface area contributed by atoms with Gasteiger partial charge in [-0.15, -0.1) is 16.9 Å². The molecule has 0 saturated carbocycles. The third-order valence-electron chi connectivity index (χ3n) is 16.7. The molecule has 1 fully saturated rings. The Bertz CT molecular complexity index is 2790. The summed E-state index contributed by atoms with van der Waals surface area (Å²) in [5, 5.41) is 23.3. The Morgan fingerprint density at radius 1 is 0.656 bits per heavy atom. The number of likely N-dealkylation sites (tertiary alicyclic amines) is 1. The molecule has 90 heavy (non-hydrogen) atoms. The van der Waals surface area contributed by atoms with Crippen LogP contribution >= 0.6 is 11.8 Å². The number of carbonyl (C=O) groups is 8. The van der Waals surface area contributed by atoms with Gasteiger partial charge in [-0.3, -0.25) is 38.5 Å². The lowest BCUT2D eigenvalue weighted by Gasteiger charge is -2.28. The number of anilines is 1. The first-order valence-corrected chi connectivity index (χ1v) is 33.6. The van der Waals surface area contributed by atoms with Crippen LogP contribution in [0, 0.1) is 11.3 Å². The zero-order valence-corrected chi connectivity index (χ0v) is 54.3. The van der Waals surface area contributed by atoms with Crippen LogP contribution in [0.15, 0.2) is 60.7 Å². The molecule has 0 radical (unpaired) electrons. The van der Waals surface area contributed by atoms with E-state index in [-0.39, 0.29) is 117 Å². The number of ether oxygens (including phenoxy) is 5. The van der Waals surface area contributed by atoms with Gasteiger partial charge in [-0.2, -0.15) is 0 Å². The molecule has 3 heterocycles. The predicted molar refractivity (Wildman–Crippen MR) is 345 cm³/mol. The predicted octanol–water partition coefficient (Wildman–Crippen LogP) is 7.44. The fourth-order valence-electron chi connectivity index (χ4n) is 10.7. The molecular formula is C66H98N10O13S. The Hall–Kier alpha value is -6.73. The van der Waals surface area contributed by atoms with E-state index >= 15 is 0 Å². The second kappa shape index (κ2) is 40.2. The van der Waals surface area contributed by atoms with Crippen LogP contribution in [-0.4, -0.2) is 177 Å². The number of carbonyl (C=O) groups excluding carboxylic acids is 8. The maximum atomic E-state index is 14.4. The number of alkyl carbamates (subject to hydrolysis) is 1. The Labute approximate surface area is 535 Å². The molecule has 496 valence electrons. The highest BCUT2D eigenvalue weighted by Gasteiger charge is 2.39. The highest BCUT2D eigenvalue weighted by molar-refractivity contribution is 8.00. The highest BCUT2D eigenvalue weighted by atomic mass is 32.2. The number of fused-ring (bicyclic) bond motifs is 5. The summed E-state index contributed by atoms with van der Waals surface area (Å²) in [7, 11) is 0. The molecule has 2 aromatic carbocycles.